The number of para-hydroxylation sites is 1. The zero-order valence-electron chi connectivity index (χ0n) is 11.8. The fourth-order valence-corrected chi connectivity index (χ4v) is 2.10. The highest BCUT2D eigenvalue weighted by Crippen LogP contribution is 2.19. The Morgan fingerprint density at radius 2 is 1.78 bits per heavy atom. The number of hydrogen-bond donors (Lipinski definition) is 2. The molecule has 2 aliphatic heterocycles. The molecule has 1 atom stereocenters. The van der Waals surface area contributed by atoms with Crippen LogP contribution in [-0.4, -0.2) is 28.4 Å². The molecule has 1 aromatic carbocycles. The Bertz CT molecular complexity index is 782. The van der Waals surface area contributed by atoms with E-state index < -0.39 is 23.4 Å². The number of benzene rings is 1. The fraction of sp³-hybridized carbons (Fsp3) is 0.0667. The summed E-state index contributed by atoms with van der Waals surface area (Å²) in [7, 11) is 0. The number of hydrogen-bond acceptors (Lipinski definition) is 6. The molecule has 2 N–H and O–H groups in total. The molecule has 1 fully saturated rings. The lowest BCUT2D eigenvalue weighted by Crippen LogP contribution is -2.64. The van der Waals surface area contributed by atoms with Crippen molar-refractivity contribution in [1.29, 1.82) is 0 Å². The number of ketones is 1. The number of pyridine rings is 1. The highest BCUT2D eigenvalue weighted by Gasteiger charge is 2.47. The van der Waals surface area contributed by atoms with E-state index in [1.54, 1.807) is 5.32 Å². The van der Waals surface area contributed by atoms with Crippen LogP contribution in [0.25, 0.3) is 10.9 Å². The Hall–Kier alpha value is -3.42. The van der Waals surface area contributed by atoms with Gasteiger partial charge in [-0.05, 0) is 18.2 Å². The third-order valence-electron chi connectivity index (χ3n) is 3.19. The molecule has 1 saturated heterocycles. The van der Waals surface area contributed by atoms with Crippen LogP contribution in [-0.2, 0) is 9.59 Å². The van der Waals surface area contributed by atoms with Gasteiger partial charge in [-0.25, -0.2) is 4.79 Å². The molecule has 3 heterocycles. The first-order valence-electron chi connectivity index (χ1n) is 6.68. The average molecular weight is 309 g/mol. The summed E-state index contributed by atoms with van der Waals surface area (Å²) in [4.78, 5) is 37.2. The van der Waals surface area contributed by atoms with Crippen molar-refractivity contribution in [3.05, 3.63) is 54.9 Å². The number of carbonyl (C=O) groups is 3. The number of urea groups is 1. The predicted octanol–water partition coefficient (Wildman–Crippen LogP) is 1.31. The largest absolute Gasteiger partial charge is 0.324 e. The van der Waals surface area contributed by atoms with Gasteiger partial charge in [0.15, 0.2) is 0 Å². The third-order valence-corrected chi connectivity index (χ3v) is 3.19. The highest BCUT2D eigenvalue weighted by molar-refractivity contribution is 6.44. The standard InChI is InChI=1S/C9H7N.C6H4N4O3/c1-2-6-9-8(4-1)5-3-7-10-9;11-3-4(12)8-5(13)9-6(3)1-2-7-10-6/h1-7H;1-2H,(H2,8,9,12,13). The van der Waals surface area contributed by atoms with Gasteiger partial charge in [0.25, 0.3) is 5.78 Å². The van der Waals surface area contributed by atoms with Crippen molar-refractivity contribution < 1.29 is 14.4 Å². The van der Waals surface area contributed by atoms with E-state index in [0.717, 1.165) is 5.52 Å². The maximum Gasteiger partial charge on any atom is 0.324 e. The molecular weight excluding hydrogens is 298 g/mol. The van der Waals surface area contributed by atoms with Crippen molar-refractivity contribution in [3.8, 4) is 0 Å². The van der Waals surface area contributed by atoms with Crippen molar-refractivity contribution in [3.63, 3.8) is 0 Å². The molecular formula is C15H11N5O3. The van der Waals surface area contributed by atoms with Gasteiger partial charge in [0.1, 0.15) is 0 Å². The van der Waals surface area contributed by atoms with Gasteiger partial charge < -0.3 is 5.32 Å². The normalized spacial score (nSPS) is 21.8. The molecule has 3 amide bonds. The van der Waals surface area contributed by atoms with E-state index in [9.17, 15) is 14.4 Å². The first-order chi connectivity index (χ1) is 11.1. The Kier molecular flexibility index (Phi) is 3.63. The van der Waals surface area contributed by atoms with Crippen molar-refractivity contribution in [2.24, 2.45) is 10.2 Å². The summed E-state index contributed by atoms with van der Waals surface area (Å²) in [6.07, 6.45) is 4.31. The van der Waals surface area contributed by atoms with Crippen LogP contribution in [0.4, 0.5) is 4.79 Å². The number of nitrogens with one attached hydrogen (secondary N) is 2. The first kappa shape index (κ1) is 14.5. The van der Waals surface area contributed by atoms with Crippen LogP contribution in [0.2, 0.25) is 0 Å². The molecule has 8 nitrogen and oxygen atoms in total. The molecule has 2 aromatic rings. The van der Waals surface area contributed by atoms with Gasteiger partial charge in [-0.1, -0.05) is 24.3 Å². The monoisotopic (exact) mass is 309 g/mol. The second-order valence-electron chi connectivity index (χ2n) is 4.73. The van der Waals surface area contributed by atoms with Crippen LogP contribution in [0.5, 0.6) is 0 Å². The van der Waals surface area contributed by atoms with Crippen LogP contribution >= 0.6 is 0 Å². The summed E-state index contributed by atoms with van der Waals surface area (Å²) >= 11 is 0. The van der Waals surface area contributed by atoms with Crippen molar-refractivity contribution in [2.75, 3.05) is 0 Å². The second kappa shape index (κ2) is 5.76. The topological polar surface area (TPSA) is 113 Å². The number of aromatic nitrogens is 1. The van der Waals surface area contributed by atoms with Crippen LogP contribution < -0.4 is 10.6 Å². The van der Waals surface area contributed by atoms with Crippen LogP contribution in [0.1, 0.15) is 0 Å². The number of carbonyl (C=O) groups excluding carboxylic acids is 3. The van der Waals surface area contributed by atoms with E-state index >= 15 is 0 Å². The Labute approximate surface area is 130 Å². The molecule has 114 valence electrons. The lowest BCUT2D eigenvalue weighted by molar-refractivity contribution is -0.141. The fourth-order valence-electron chi connectivity index (χ4n) is 2.10. The van der Waals surface area contributed by atoms with Crippen LogP contribution in [0.3, 0.4) is 0 Å². The summed E-state index contributed by atoms with van der Waals surface area (Å²) in [5.74, 6) is -1.82. The summed E-state index contributed by atoms with van der Waals surface area (Å²) in [5, 5.41) is 12.1. The average Bonchev–Trinajstić information content (AvgIpc) is 3.02. The molecule has 0 radical (unpaired) electrons. The number of azo groups is 1. The van der Waals surface area contributed by atoms with E-state index in [-0.39, 0.29) is 0 Å². The summed E-state index contributed by atoms with van der Waals surface area (Å²) in [6.45, 7) is 0. The van der Waals surface area contributed by atoms with Gasteiger partial charge in [0.2, 0.25) is 5.66 Å². The Morgan fingerprint density at radius 1 is 1.00 bits per heavy atom. The van der Waals surface area contributed by atoms with E-state index in [2.05, 4.69) is 32.7 Å². The molecule has 0 bridgehead atoms. The zero-order valence-corrected chi connectivity index (χ0v) is 11.8. The zero-order chi connectivity index (χ0) is 16.3. The van der Waals surface area contributed by atoms with E-state index in [1.165, 1.54) is 17.7 Å². The minimum absolute atomic E-state index is 0.755. The SMILES string of the molecule is O=C1NC(=O)C(=O)C2(C=CN=N2)N1.c1ccc2ncccc2c1. The predicted molar refractivity (Wildman–Crippen MR) is 80.2 cm³/mol. The summed E-state index contributed by atoms with van der Waals surface area (Å²) < 4.78 is 0. The minimum atomic E-state index is -1.60. The number of fused-ring (bicyclic) bond motifs is 1. The van der Waals surface area contributed by atoms with Gasteiger partial charge in [-0.3, -0.25) is 19.9 Å². The van der Waals surface area contributed by atoms with Crippen LogP contribution in [0, 0.1) is 0 Å². The highest BCUT2D eigenvalue weighted by atomic mass is 16.2. The van der Waals surface area contributed by atoms with E-state index in [4.69, 9.17) is 0 Å². The van der Waals surface area contributed by atoms with Gasteiger partial charge in [-0.15, -0.1) is 5.11 Å². The smallest absolute Gasteiger partial charge is 0.302 e. The third kappa shape index (κ3) is 2.82. The van der Waals surface area contributed by atoms with Crippen LogP contribution in [0.15, 0.2) is 65.1 Å². The molecule has 1 unspecified atom stereocenters. The van der Waals surface area contributed by atoms with Crippen molar-refractivity contribution >= 4 is 28.6 Å². The number of imide groups is 1. The molecule has 1 aromatic heterocycles. The van der Waals surface area contributed by atoms with E-state index in [1.807, 2.05) is 30.5 Å². The number of amides is 3. The Morgan fingerprint density at radius 3 is 2.52 bits per heavy atom. The molecule has 2 aliphatic rings. The quantitative estimate of drug-likeness (QED) is 0.714. The number of Topliss-reactive ketones (excluding diaryl/α,β-unsaturated/α-hetero) is 1. The minimum Gasteiger partial charge on any atom is -0.302 e. The number of nitrogens with zero attached hydrogens (tertiary/aromatic N) is 3. The molecule has 0 aliphatic carbocycles. The Balaban J connectivity index is 0.000000140. The molecule has 23 heavy (non-hydrogen) atoms. The van der Waals surface area contributed by atoms with Gasteiger partial charge >= 0.3 is 11.9 Å². The maximum absolute atomic E-state index is 11.3. The molecule has 8 heteroatoms. The van der Waals surface area contributed by atoms with Crippen molar-refractivity contribution in [1.82, 2.24) is 15.6 Å². The summed E-state index contributed by atoms with van der Waals surface area (Å²) in [6, 6.07) is 11.3. The number of rotatable bonds is 0. The first-order valence-corrected chi connectivity index (χ1v) is 6.68. The summed E-state index contributed by atoms with van der Waals surface area (Å²) in [5.41, 5.74) is -0.538. The lowest BCUT2D eigenvalue weighted by atomic mass is 10.0. The second-order valence-corrected chi connectivity index (χ2v) is 4.73. The van der Waals surface area contributed by atoms with Crippen molar-refractivity contribution in [2.45, 2.75) is 5.66 Å². The van der Waals surface area contributed by atoms with Gasteiger partial charge in [0.05, 0.1) is 11.7 Å². The lowest BCUT2D eigenvalue weighted by Gasteiger charge is -2.25. The van der Waals surface area contributed by atoms with Gasteiger partial charge in [-0.2, -0.15) is 5.11 Å². The molecule has 0 saturated carbocycles. The maximum atomic E-state index is 11.3. The molecule has 1 spiro atoms. The molecule has 4 rings (SSSR count). The van der Waals surface area contributed by atoms with E-state index in [0.29, 0.717) is 0 Å². The van der Waals surface area contributed by atoms with Gasteiger partial charge in [0, 0.05) is 11.6 Å².